The Morgan fingerprint density at radius 3 is 2.76 bits per heavy atom. The maximum Gasteiger partial charge on any atom is 0.244 e. The van der Waals surface area contributed by atoms with Crippen LogP contribution in [-0.2, 0) is 9.53 Å². The number of nitrogens with one attached hydrogen (secondary N) is 2. The summed E-state index contributed by atoms with van der Waals surface area (Å²) in [6, 6.07) is 5.59. The van der Waals surface area contributed by atoms with Gasteiger partial charge in [-0.25, -0.2) is 4.98 Å². The summed E-state index contributed by atoms with van der Waals surface area (Å²) in [5.74, 6) is -0.175. The molecular formula is C13H18Cl2N4O2. The van der Waals surface area contributed by atoms with Gasteiger partial charge < -0.3 is 20.8 Å². The van der Waals surface area contributed by atoms with E-state index in [0.29, 0.717) is 31.7 Å². The van der Waals surface area contributed by atoms with Crippen LogP contribution in [0.2, 0.25) is 0 Å². The molecule has 0 saturated carbocycles. The number of nitrogens with zero attached hydrogens (tertiary/aromatic N) is 1. The van der Waals surface area contributed by atoms with E-state index in [1.54, 1.807) is 6.33 Å². The molecule has 0 aliphatic carbocycles. The predicted molar refractivity (Wildman–Crippen MR) is 86.2 cm³/mol. The van der Waals surface area contributed by atoms with Crippen molar-refractivity contribution in [3.63, 3.8) is 0 Å². The number of rotatable bonds is 2. The number of hydrogen-bond donors (Lipinski definition) is 3. The average molecular weight is 333 g/mol. The zero-order valence-electron chi connectivity index (χ0n) is 11.3. The number of hydrogen-bond acceptors (Lipinski definition) is 4. The predicted octanol–water partition coefficient (Wildman–Crippen LogP) is 1.85. The van der Waals surface area contributed by atoms with Crippen LogP contribution in [0.3, 0.4) is 0 Å². The summed E-state index contributed by atoms with van der Waals surface area (Å²) in [6.45, 7) is 1.05. The van der Waals surface area contributed by atoms with Gasteiger partial charge in [-0.1, -0.05) is 6.07 Å². The average Bonchev–Trinajstić information content (AvgIpc) is 2.89. The molecule has 8 heteroatoms. The van der Waals surface area contributed by atoms with E-state index in [9.17, 15) is 4.79 Å². The van der Waals surface area contributed by atoms with E-state index >= 15 is 0 Å². The van der Waals surface area contributed by atoms with Gasteiger partial charge in [-0.2, -0.15) is 0 Å². The van der Waals surface area contributed by atoms with E-state index in [1.807, 2.05) is 18.2 Å². The van der Waals surface area contributed by atoms with E-state index in [2.05, 4.69) is 15.3 Å². The van der Waals surface area contributed by atoms with E-state index in [4.69, 9.17) is 10.5 Å². The molecule has 0 unspecified atom stereocenters. The first-order chi connectivity index (χ1) is 9.19. The minimum atomic E-state index is -0.850. The number of aromatic amines is 1. The molecule has 1 aromatic heterocycles. The van der Waals surface area contributed by atoms with Crippen molar-refractivity contribution in [2.75, 3.05) is 18.5 Å². The van der Waals surface area contributed by atoms with Crippen molar-refractivity contribution in [1.29, 1.82) is 0 Å². The monoisotopic (exact) mass is 332 g/mol. The molecule has 1 aliphatic rings. The van der Waals surface area contributed by atoms with Crippen molar-refractivity contribution in [1.82, 2.24) is 9.97 Å². The first-order valence-electron chi connectivity index (χ1n) is 6.29. The quantitative estimate of drug-likeness (QED) is 0.782. The minimum absolute atomic E-state index is 0. The van der Waals surface area contributed by atoms with Crippen molar-refractivity contribution in [3.05, 3.63) is 24.5 Å². The number of carbonyl (C=O) groups is 1. The lowest BCUT2D eigenvalue weighted by Crippen LogP contribution is -2.54. The third-order valence-electron chi connectivity index (χ3n) is 3.54. The number of nitrogens with two attached hydrogens (primary N) is 1. The standard InChI is InChI=1S/C13H16N4O2.2ClH/c14-13(4-6-19-7-5-13)12(18)17-10-3-1-2-9-11(10)16-8-15-9;;/h1-3,8H,4-7,14H2,(H,15,16)(H,17,18);2*1H. The number of fused-ring (bicyclic) bond motifs is 1. The van der Waals surface area contributed by atoms with E-state index in [-0.39, 0.29) is 30.7 Å². The highest BCUT2D eigenvalue weighted by atomic mass is 35.5. The summed E-state index contributed by atoms with van der Waals surface area (Å²) in [5.41, 5.74) is 7.61. The number of anilines is 1. The van der Waals surface area contributed by atoms with Crippen LogP contribution in [0.15, 0.2) is 24.5 Å². The molecule has 1 amide bonds. The van der Waals surface area contributed by atoms with Crippen molar-refractivity contribution in [2.45, 2.75) is 18.4 Å². The van der Waals surface area contributed by atoms with Gasteiger partial charge in [0.25, 0.3) is 0 Å². The summed E-state index contributed by atoms with van der Waals surface area (Å²) in [6.07, 6.45) is 2.68. The first kappa shape index (κ1) is 17.7. The number of aromatic nitrogens is 2. The highest BCUT2D eigenvalue weighted by molar-refractivity contribution is 6.03. The largest absolute Gasteiger partial charge is 0.381 e. The Kier molecular flexibility index (Phi) is 5.98. The molecule has 1 aliphatic heterocycles. The molecule has 4 N–H and O–H groups in total. The third-order valence-corrected chi connectivity index (χ3v) is 3.54. The molecular weight excluding hydrogens is 315 g/mol. The van der Waals surface area contributed by atoms with Crippen LogP contribution in [0.25, 0.3) is 11.0 Å². The van der Waals surface area contributed by atoms with Gasteiger partial charge in [-0.3, -0.25) is 4.79 Å². The fourth-order valence-corrected chi connectivity index (χ4v) is 2.28. The molecule has 6 nitrogen and oxygen atoms in total. The number of amides is 1. The molecule has 3 rings (SSSR count). The molecule has 0 bridgehead atoms. The maximum atomic E-state index is 12.3. The molecule has 1 saturated heterocycles. The molecule has 1 aromatic carbocycles. The van der Waals surface area contributed by atoms with Crippen molar-refractivity contribution in [3.8, 4) is 0 Å². The summed E-state index contributed by atoms with van der Waals surface area (Å²) in [5, 5.41) is 2.88. The first-order valence-corrected chi connectivity index (χ1v) is 6.29. The van der Waals surface area contributed by atoms with Crippen molar-refractivity contribution >= 4 is 47.4 Å². The Morgan fingerprint density at radius 2 is 2.05 bits per heavy atom. The Morgan fingerprint density at radius 1 is 1.33 bits per heavy atom. The second kappa shape index (κ2) is 7.09. The minimum Gasteiger partial charge on any atom is -0.381 e. The Hall–Kier alpha value is -1.34. The van der Waals surface area contributed by atoms with Gasteiger partial charge in [0, 0.05) is 13.2 Å². The van der Waals surface area contributed by atoms with E-state index < -0.39 is 5.54 Å². The molecule has 21 heavy (non-hydrogen) atoms. The third kappa shape index (κ3) is 3.47. The highest BCUT2D eigenvalue weighted by Crippen LogP contribution is 2.23. The second-order valence-electron chi connectivity index (χ2n) is 4.83. The Bertz CT molecular complexity index is 611. The topological polar surface area (TPSA) is 93.0 Å². The normalized spacial score (nSPS) is 16.6. The molecule has 2 heterocycles. The Labute approximate surface area is 134 Å². The van der Waals surface area contributed by atoms with Crippen LogP contribution in [-0.4, -0.2) is 34.6 Å². The molecule has 0 spiro atoms. The van der Waals surface area contributed by atoms with Crippen LogP contribution < -0.4 is 11.1 Å². The van der Waals surface area contributed by atoms with Crippen LogP contribution in [0.1, 0.15) is 12.8 Å². The van der Waals surface area contributed by atoms with Crippen LogP contribution in [0.5, 0.6) is 0 Å². The van der Waals surface area contributed by atoms with Gasteiger partial charge in [0.05, 0.1) is 17.5 Å². The van der Waals surface area contributed by atoms with Gasteiger partial charge in [-0.05, 0) is 25.0 Å². The summed E-state index contributed by atoms with van der Waals surface area (Å²) in [4.78, 5) is 19.5. The molecule has 116 valence electrons. The van der Waals surface area contributed by atoms with Crippen molar-refractivity contribution < 1.29 is 9.53 Å². The highest BCUT2D eigenvalue weighted by Gasteiger charge is 2.36. The van der Waals surface area contributed by atoms with Crippen LogP contribution in [0, 0.1) is 0 Å². The summed E-state index contributed by atoms with van der Waals surface area (Å²) < 4.78 is 5.25. The zero-order valence-corrected chi connectivity index (χ0v) is 12.9. The number of benzene rings is 1. The number of ether oxygens (including phenoxy) is 1. The van der Waals surface area contributed by atoms with Gasteiger partial charge >= 0.3 is 0 Å². The fourth-order valence-electron chi connectivity index (χ4n) is 2.28. The van der Waals surface area contributed by atoms with E-state index in [1.165, 1.54) is 0 Å². The number of para-hydroxylation sites is 1. The number of halogens is 2. The molecule has 0 radical (unpaired) electrons. The van der Waals surface area contributed by atoms with Crippen molar-refractivity contribution in [2.24, 2.45) is 5.73 Å². The molecule has 2 aromatic rings. The SMILES string of the molecule is Cl.Cl.NC1(C(=O)Nc2cccc3[nH]cnc23)CCOCC1. The second-order valence-corrected chi connectivity index (χ2v) is 4.83. The number of carbonyl (C=O) groups excluding carboxylic acids is 1. The number of H-pyrrole nitrogens is 1. The lowest BCUT2D eigenvalue weighted by molar-refractivity contribution is -0.124. The van der Waals surface area contributed by atoms with Gasteiger partial charge in [-0.15, -0.1) is 24.8 Å². The fraction of sp³-hybridized carbons (Fsp3) is 0.385. The molecule has 1 fully saturated rings. The number of imidazole rings is 1. The summed E-state index contributed by atoms with van der Waals surface area (Å²) in [7, 11) is 0. The van der Waals surface area contributed by atoms with Gasteiger partial charge in [0.2, 0.25) is 5.91 Å². The Balaban J connectivity index is 0.00000110. The zero-order chi connectivity index (χ0) is 13.3. The van der Waals surface area contributed by atoms with E-state index in [0.717, 1.165) is 11.0 Å². The van der Waals surface area contributed by atoms with Crippen LogP contribution in [0.4, 0.5) is 5.69 Å². The summed E-state index contributed by atoms with van der Waals surface area (Å²) >= 11 is 0. The lowest BCUT2D eigenvalue weighted by Gasteiger charge is -2.31. The van der Waals surface area contributed by atoms with Gasteiger partial charge in [0.1, 0.15) is 11.1 Å². The van der Waals surface area contributed by atoms with Crippen LogP contribution >= 0.6 is 24.8 Å². The smallest absolute Gasteiger partial charge is 0.244 e. The maximum absolute atomic E-state index is 12.3. The lowest BCUT2D eigenvalue weighted by atomic mass is 9.90. The van der Waals surface area contributed by atoms with Gasteiger partial charge in [0.15, 0.2) is 0 Å². The molecule has 0 atom stereocenters.